The Bertz CT molecular complexity index is 118. The fourth-order valence-electron chi connectivity index (χ4n) is 0.982. The molecule has 11 heavy (non-hydrogen) atoms. The van der Waals surface area contributed by atoms with E-state index in [0.29, 0.717) is 12.0 Å². The van der Waals surface area contributed by atoms with Gasteiger partial charge in [0.25, 0.3) is 0 Å². The highest BCUT2D eigenvalue weighted by atomic mass is 14.6. The van der Waals surface area contributed by atoms with Gasteiger partial charge in [-0.3, -0.25) is 0 Å². The van der Waals surface area contributed by atoms with Crippen LogP contribution in [-0.4, -0.2) is 6.04 Å². The Morgan fingerprint density at radius 3 is 2.36 bits per heavy atom. The molecule has 0 aliphatic heterocycles. The lowest BCUT2D eigenvalue weighted by Crippen LogP contribution is -2.28. The maximum absolute atomic E-state index is 5.94. The van der Waals surface area contributed by atoms with Crippen molar-refractivity contribution in [2.75, 3.05) is 0 Å². The molecule has 2 atom stereocenters. The Hall–Kier alpha value is -0.300. The summed E-state index contributed by atoms with van der Waals surface area (Å²) in [4.78, 5) is 0. The van der Waals surface area contributed by atoms with Crippen molar-refractivity contribution in [1.29, 1.82) is 0 Å². The van der Waals surface area contributed by atoms with Crippen molar-refractivity contribution >= 4 is 0 Å². The molecule has 1 nitrogen and oxygen atoms in total. The van der Waals surface area contributed by atoms with Crippen LogP contribution in [-0.2, 0) is 0 Å². The molecule has 0 aromatic heterocycles. The van der Waals surface area contributed by atoms with E-state index in [1.165, 1.54) is 5.57 Å². The molecule has 0 saturated carbocycles. The fraction of sp³-hybridized carbons (Fsp3) is 0.800. The molecule has 0 aromatic carbocycles. The maximum atomic E-state index is 5.94. The molecule has 2 unspecified atom stereocenters. The predicted molar refractivity (Wildman–Crippen MR) is 51.5 cm³/mol. The van der Waals surface area contributed by atoms with E-state index < -0.39 is 0 Å². The first-order valence-electron chi connectivity index (χ1n) is 4.54. The molecular weight excluding hydrogens is 134 g/mol. The van der Waals surface area contributed by atoms with E-state index in [-0.39, 0.29) is 0 Å². The number of hydrogen-bond donors (Lipinski definition) is 1. The predicted octanol–water partition coefficient (Wildman–Crippen LogP) is 2.72. The smallest absolute Gasteiger partial charge is 0.0102 e. The lowest BCUT2D eigenvalue weighted by molar-refractivity contribution is 0.437. The average molecular weight is 155 g/mol. The van der Waals surface area contributed by atoms with Crippen LogP contribution in [0.2, 0.25) is 0 Å². The van der Waals surface area contributed by atoms with Crippen LogP contribution >= 0.6 is 0 Å². The SMILES string of the molecule is C=C(CC)CC(N)C(C)CC. The minimum Gasteiger partial charge on any atom is -0.327 e. The first kappa shape index (κ1) is 10.7. The van der Waals surface area contributed by atoms with Gasteiger partial charge in [0.1, 0.15) is 0 Å². The Balaban J connectivity index is 3.67. The molecule has 0 amide bonds. The van der Waals surface area contributed by atoms with E-state index in [1.807, 2.05) is 0 Å². The van der Waals surface area contributed by atoms with Gasteiger partial charge in [0.05, 0.1) is 0 Å². The zero-order valence-corrected chi connectivity index (χ0v) is 8.06. The first-order valence-corrected chi connectivity index (χ1v) is 4.54. The van der Waals surface area contributed by atoms with Gasteiger partial charge in [0, 0.05) is 6.04 Å². The average Bonchev–Trinajstić information content (AvgIpc) is 2.02. The van der Waals surface area contributed by atoms with Crippen molar-refractivity contribution in [3.05, 3.63) is 12.2 Å². The topological polar surface area (TPSA) is 26.0 Å². The summed E-state index contributed by atoms with van der Waals surface area (Å²) >= 11 is 0. The van der Waals surface area contributed by atoms with Crippen LogP contribution in [0.25, 0.3) is 0 Å². The van der Waals surface area contributed by atoms with Crippen LogP contribution in [0.5, 0.6) is 0 Å². The molecule has 0 spiro atoms. The molecule has 1 heteroatoms. The Morgan fingerprint density at radius 2 is 2.00 bits per heavy atom. The van der Waals surface area contributed by atoms with Crippen LogP contribution < -0.4 is 5.73 Å². The van der Waals surface area contributed by atoms with Gasteiger partial charge in [-0.2, -0.15) is 0 Å². The van der Waals surface area contributed by atoms with Crippen molar-refractivity contribution < 1.29 is 0 Å². The minimum atomic E-state index is 0.312. The van der Waals surface area contributed by atoms with Crippen molar-refractivity contribution in [2.45, 2.75) is 46.1 Å². The monoisotopic (exact) mass is 155 g/mol. The van der Waals surface area contributed by atoms with Gasteiger partial charge in [-0.25, -0.2) is 0 Å². The van der Waals surface area contributed by atoms with Gasteiger partial charge in [0.2, 0.25) is 0 Å². The number of rotatable bonds is 5. The summed E-state index contributed by atoms with van der Waals surface area (Å²) in [5.41, 5.74) is 7.22. The largest absolute Gasteiger partial charge is 0.327 e. The van der Waals surface area contributed by atoms with Gasteiger partial charge < -0.3 is 5.73 Å². The molecule has 0 rings (SSSR count). The highest BCUT2D eigenvalue weighted by molar-refractivity contribution is 4.96. The Kier molecular flexibility index (Phi) is 5.22. The van der Waals surface area contributed by atoms with E-state index in [4.69, 9.17) is 5.73 Å². The van der Waals surface area contributed by atoms with Crippen molar-refractivity contribution in [2.24, 2.45) is 11.7 Å². The molecule has 0 bridgehead atoms. The van der Waals surface area contributed by atoms with Crippen molar-refractivity contribution in [1.82, 2.24) is 0 Å². The van der Waals surface area contributed by atoms with Crippen LogP contribution in [0.15, 0.2) is 12.2 Å². The van der Waals surface area contributed by atoms with Crippen LogP contribution in [0.1, 0.15) is 40.0 Å². The summed E-state index contributed by atoms with van der Waals surface area (Å²) in [6.45, 7) is 10.5. The summed E-state index contributed by atoms with van der Waals surface area (Å²) < 4.78 is 0. The Morgan fingerprint density at radius 1 is 1.45 bits per heavy atom. The Labute approximate surface area is 70.7 Å². The highest BCUT2D eigenvalue weighted by Gasteiger charge is 2.10. The summed E-state index contributed by atoms with van der Waals surface area (Å²) in [5.74, 6) is 0.623. The van der Waals surface area contributed by atoms with Crippen LogP contribution in [0, 0.1) is 5.92 Å². The third-order valence-corrected chi connectivity index (χ3v) is 2.40. The van der Waals surface area contributed by atoms with Crippen molar-refractivity contribution in [3.8, 4) is 0 Å². The molecule has 0 fully saturated rings. The van der Waals surface area contributed by atoms with Gasteiger partial charge >= 0.3 is 0 Å². The minimum absolute atomic E-state index is 0.312. The van der Waals surface area contributed by atoms with Crippen LogP contribution in [0.3, 0.4) is 0 Å². The quantitative estimate of drug-likeness (QED) is 0.607. The molecule has 0 aliphatic carbocycles. The zero-order chi connectivity index (χ0) is 8.85. The van der Waals surface area contributed by atoms with Gasteiger partial charge in [-0.1, -0.05) is 39.3 Å². The van der Waals surface area contributed by atoms with Crippen LogP contribution in [0.4, 0.5) is 0 Å². The number of hydrogen-bond acceptors (Lipinski definition) is 1. The second kappa shape index (κ2) is 5.36. The highest BCUT2D eigenvalue weighted by Crippen LogP contribution is 2.14. The normalized spacial score (nSPS) is 16.0. The van der Waals surface area contributed by atoms with E-state index in [1.54, 1.807) is 0 Å². The lowest BCUT2D eigenvalue weighted by Gasteiger charge is -2.18. The fourth-order valence-corrected chi connectivity index (χ4v) is 0.982. The summed E-state index contributed by atoms with van der Waals surface area (Å²) in [5, 5.41) is 0. The molecule has 66 valence electrons. The second-order valence-electron chi connectivity index (χ2n) is 3.36. The number of nitrogens with two attached hydrogens (primary N) is 1. The molecule has 0 aromatic rings. The second-order valence-corrected chi connectivity index (χ2v) is 3.36. The molecule has 0 heterocycles. The van der Waals surface area contributed by atoms with Gasteiger partial charge in [-0.05, 0) is 18.8 Å². The van der Waals surface area contributed by atoms with E-state index in [9.17, 15) is 0 Å². The molecule has 0 radical (unpaired) electrons. The first-order chi connectivity index (χ1) is 5.11. The molecule has 0 aliphatic rings. The zero-order valence-electron chi connectivity index (χ0n) is 8.06. The molecular formula is C10H21N. The summed E-state index contributed by atoms with van der Waals surface area (Å²) in [6, 6.07) is 0.312. The van der Waals surface area contributed by atoms with E-state index in [2.05, 4.69) is 27.4 Å². The standard InChI is InChI=1S/C10H21N/c1-5-8(3)7-10(11)9(4)6-2/h9-10H,3,5-7,11H2,1-2,4H3. The van der Waals surface area contributed by atoms with Crippen molar-refractivity contribution in [3.63, 3.8) is 0 Å². The maximum Gasteiger partial charge on any atom is 0.0102 e. The third kappa shape index (κ3) is 4.20. The summed E-state index contributed by atoms with van der Waals surface area (Å²) in [6.07, 6.45) is 3.22. The van der Waals surface area contributed by atoms with Gasteiger partial charge in [-0.15, -0.1) is 0 Å². The van der Waals surface area contributed by atoms with Gasteiger partial charge in [0.15, 0.2) is 0 Å². The molecule has 0 saturated heterocycles. The van der Waals surface area contributed by atoms with E-state index >= 15 is 0 Å². The third-order valence-electron chi connectivity index (χ3n) is 2.40. The molecule has 2 N–H and O–H groups in total. The van der Waals surface area contributed by atoms with E-state index in [0.717, 1.165) is 19.3 Å². The summed E-state index contributed by atoms with van der Waals surface area (Å²) in [7, 11) is 0. The lowest BCUT2D eigenvalue weighted by atomic mass is 9.93.